The molecule has 6 heteroatoms. The van der Waals surface area contributed by atoms with Crippen LogP contribution in [0, 0.1) is 0 Å². The predicted octanol–water partition coefficient (Wildman–Crippen LogP) is 9.46. The summed E-state index contributed by atoms with van der Waals surface area (Å²) in [6.45, 7) is 2.47. The molecule has 0 aliphatic rings. The quantitative estimate of drug-likeness (QED) is 0.0369. The molecule has 0 fully saturated rings. The Labute approximate surface area is 276 Å². The van der Waals surface area contributed by atoms with Gasteiger partial charge in [-0.1, -0.05) is 115 Å². The van der Waals surface area contributed by atoms with Crippen molar-refractivity contribution in [2.24, 2.45) is 0 Å². The number of rotatable bonds is 34. The van der Waals surface area contributed by atoms with Crippen LogP contribution in [0.5, 0.6) is 0 Å². The summed E-state index contributed by atoms with van der Waals surface area (Å²) in [4.78, 5) is 36.0. The van der Waals surface area contributed by atoms with E-state index in [9.17, 15) is 24.6 Å². The number of carbonyl (C=O) groups is 3. The average molecular weight is 635 g/mol. The second-order valence-corrected chi connectivity index (χ2v) is 13.0. The summed E-state index contributed by atoms with van der Waals surface area (Å²) in [6, 6.07) is 0. The van der Waals surface area contributed by atoms with E-state index in [1.54, 1.807) is 0 Å². The van der Waals surface area contributed by atoms with Crippen molar-refractivity contribution in [2.45, 2.75) is 199 Å². The molecule has 0 heterocycles. The van der Waals surface area contributed by atoms with Gasteiger partial charge in [0.1, 0.15) is 11.9 Å². The van der Waals surface area contributed by atoms with E-state index in [-0.39, 0.29) is 6.42 Å². The largest absolute Gasteiger partial charge is 0.394 e. The van der Waals surface area contributed by atoms with Crippen molar-refractivity contribution in [1.82, 2.24) is 0 Å². The van der Waals surface area contributed by atoms with E-state index in [0.717, 1.165) is 71.1 Å². The molecule has 0 aromatic carbocycles. The Balaban J connectivity index is 3.47. The van der Waals surface area contributed by atoms with Crippen molar-refractivity contribution < 1.29 is 29.7 Å². The normalized spacial score (nSPS) is 13.9. The summed E-state index contributed by atoms with van der Waals surface area (Å²) in [5.41, 5.74) is -2.50. The Kier molecular flexibility index (Phi) is 29.9. The fourth-order valence-electron chi connectivity index (χ4n) is 5.71. The Morgan fingerprint density at radius 1 is 0.556 bits per heavy atom. The van der Waals surface area contributed by atoms with Gasteiger partial charge in [-0.05, 0) is 77.6 Å². The number of hydrogen-bond donors (Lipinski definition) is 3. The van der Waals surface area contributed by atoms with Crippen LogP contribution in [0.4, 0.5) is 0 Å². The smallest absolute Gasteiger partial charge is 0.209 e. The van der Waals surface area contributed by atoms with Crippen LogP contribution in [0.15, 0.2) is 24.3 Å². The topological polar surface area (TPSA) is 112 Å². The Bertz CT molecular complexity index is 788. The van der Waals surface area contributed by atoms with Gasteiger partial charge in [0.15, 0.2) is 11.6 Å². The first-order valence-electron chi connectivity index (χ1n) is 18.7. The van der Waals surface area contributed by atoms with E-state index in [4.69, 9.17) is 5.11 Å². The van der Waals surface area contributed by atoms with E-state index < -0.39 is 29.9 Å². The van der Waals surface area contributed by atoms with Crippen molar-refractivity contribution in [3.05, 3.63) is 24.3 Å². The fourth-order valence-corrected chi connectivity index (χ4v) is 5.71. The number of Topliss-reactive ketones (excluding diaryl/α,β-unsaturated/α-hetero) is 3. The van der Waals surface area contributed by atoms with Crippen molar-refractivity contribution in [3.63, 3.8) is 0 Å². The van der Waals surface area contributed by atoms with Crippen LogP contribution in [-0.2, 0) is 14.4 Å². The van der Waals surface area contributed by atoms with Gasteiger partial charge in [0.2, 0.25) is 5.60 Å². The summed E-state index contributed by atoms with van der Waals surface area (Å²) in [7, 11) is 0. The minimum atomic E-state index is -2.50. The average Bonchev–Trinajstić information content (AvgIpc) is 3.03. The van der Waals surface area contributed by atoms with E-state index in [1.807, 2.05) is 0 Å². The van der Waals surface area contributed by atoms with E-state index in [2.05, 4.69) is 31.2 Å². The highest BCUT2D eigenvalue weighted by atomic mass is 16.4. The summed E-state index contributed by atoms with van der Waals surface area (Å²) >= 11 is 0. The Morgan fingerprint density at radius 3 is 1.24 bits per heavy atom. The Morgan fingerprint density at radius 2 is 0.889 bits per heavy atom. The highest BCUT2D eigenvalue weighted by Gasteiger charge is 2.46. The van der Waals surface area contributed by atoms with Crippen molar-refractivity contribution in [2.75, 3.05) is 6.61 Å². The zero-order valence-electron chi connectivity index (χ0n) is 29.3. The summed E-state index contributed by atoms with van der Waals surface area (Å²) in [5.74, 6) is -1.10. The number of allylic oxidation sites excluding steroid dienone is 4. The zero-order valence-corrected chi connectivity index (χ0v) is 29.3. The maximum absolute atomic E-state index is 12.2. The number of unbranched alkanes of at least 4 members (excludes halogenated alkanes) is 20. The monoisotopic (exact) mass is 635 g/mol. The molecule has 45 heavy (non-hydrogen) atoms. The summed E-state index contributed by atoms with van der Waals surface area (Å²) < 4.78 is 0. The number of aliphatic hydroxyl groups excluding tert-OH is 2. The van der Waals surface area contributed by atoms with Crippen LogP contribution in [0.1, 0.15) is 187 Å². The molecule has 0 spiro atoms. The minimum absolute atomic E-state index is 0.0171. The SMILES string of the molecule is CCCCCC/C=C\CCCCCCCC(=O)CCCCCCCC/C=C\CCCCCCCC(=O)C(O)(C(C)=O)C(O)CO. The van der Waals surface area contributed by atoms with Gasteiger partial charge >= 0.3 is 0 Å². The predicted molar refractivity (Wildman–Crippen MR) is 187 cm³/mol. The molecular formula is C39H70O6. The summed E-state index contributed by atoms with van der Waals surface area (Å²) in [5, 5.41) is 28.9. The van der Waals surface area contributed by atoms with E-state index in [1.165, 1.54) is 96.3 Å². The lowest BCUT2D eigenvalue weighted by Crippen LogP contribution is -2.56. The maximum Gasteiger partial charge on any atom is 0.209 e. The van der Waals surface area contributed by atoms with Gasteiger partial charge in [-0.15, -0.1) is 0 Å². The number of hydrogen-bond acceptors (Lipinski definition) is 6. The first kappa shape index (κ1) is 43.4. The number of aliphatic hydroxyl groups is 3. The molecule has 2 atom stereocenters. The molecule has 0 bridgehead atoms. The van der Waals surface area contributed by atoms with Gasteiger partial charge in [-0.3, -0.25) is 14.4 Å². The first-order valence-corrected chi connectivity index (χ1v) is 18.7. The lowest BCUT2D eigenvalue weighted by atomic mass is 9.85. The number of carbonyl (C=O) groups excluding carboxylic acids is 3. The Hall–Kier alpha value is -1.63. The third-order valence-corrected chi connectivity index (χ3v) is 8.85. The lowest BCUT2D eigenvalue weighted by molar-refractivity contribution is -0.165. The second kappa shape index (κ2) is 31.0. The molecule has 0 aromatic rings. The van der Waals surface area contributed by atoms with Gasteiger partial charge in [-0.2, -0.15) is 0 Å². The van der Waals surface area contributed by atoms with Gasteiger partial charge in [0.05, 0.1) is 6.61 Å². The van der Waals surface area contributed by atoms with Gasteiger partial charge in [-0.25, -0.2) is 0 Å². The molecule has 0 rings (SSSR count). The molecule has 0 aromatic heterocycles. The van der Waals surface area contributed by atoms with Gasteiger partial charge in [0.25, 0.3) is 0 Å². The van der Waals surface area contributed by atoms with Gasteiger partial charge in [0, 0.05) is 19.3 Å². The highest BCUT2D eigenvalue weighted by molar-refractivity contribution is 6.09. The standard InChI is InChI=1S/C39H70O6/c1-3-4-5-6-7-8-9-13-16-19-22-25-28-31-36(42)32-29-26-23-20-17-14-11-10-12-15-18-21-24-27-30-33-37(43)39(45,35(2)41)38(44)34-40/h8-10,12,38,40,44-45H,3-7,11,13-34H2,1-2H3/b9-8-,12-10-. The molecule has 3 N–H and O–H groups in total. The minimum Gasteiger partial charge on any atom is -0.394 e. The van der Waals surface area contributed by atoms with Crippen LogP contribution in [0.25, 0.3) is 0 Å². The molecule has 2 unspecified atom stereocenters. The van der Waals surface area contributed by atoms with E-state index in [0.29, 0.717) is 12.2 Å². The zero-order chi connectivity index (χ0) is 33.4. The molecule has 0 aliphatic heterocycles. The van der Waals surface area contributed by atoms with Crippen LogP contribution >= 0.6 is 0 Å². The molecule has 0 aliphatic carbocycles. The van der Waals surface area contributed by atoms with Crippen LogP contribution in [-0.4, -0.2) is 51.0 Å². The second-order valence-electron chi connectivity index (χ2n) is 13.0. The molecule has 0 saturated carbocycles. The van der Waals surface area contributed by atoms with Crippen molar-refractivity contribution in [3.8, 4) is 0 Å². The maximum atomic E-state index is 12.2. The molecule has 0 radical (unpaired) electrons. The first-order chi connectivity index (χ1) is 21.8. The molecule has 0 saturated heterocycles. The van der Waals surface area contributed by atoms with Crippen LogP contribution in [0.2, 0.25) is 0 Å². The molecule has 6 nitrogen and oxygen atoms in total. The molecular weight excluding hydrogens is 564 g/mol. The molecule has 0 amide bonds. The highest BCUT2D eigenvalue weighted by Crippen LogP contribution is 2.19. The molecule has 262 valence electrons. The third kappa shape index (κ3) is 24.2. The van der Waals surface area contributed by atoms with Gasteiger partial charge < -0.3 is 15.3 Å². The van der Waals surface area contributed by atoms with Crippen LogP contribution in [0.3, 0.4) is 0 Å². The van der Waals surface area contributed by atoms with E-state index >= 15 is 0 Å². The lowest BCUT2D eigenvalue weighted by Gasteiger charge is -2.27. The van der Waals surface area contributed by atoms with Crippen LogP contribution < -0.4 is 0 Å². The summed E-state index contributed by atoms with van der Waals surface area (Å²) in [6.07, 6.45) is 36.8. The fraction of sp³-hybridized carbons (Fsp3) is 0.821. The van der Waals surface area contributed by atoms with Crippen molar-refractivity contribution >= 4 is 17.3 Å². The van der Waals surface area contributed by atoms with Crippen molar-refractivity contribution in [1.29, 1.82) is 0 Å². The number of ketones is 3. The third-order valence-electron chi connectivity index (χ3n) is 8.85.